The van der Waals surface area contributed by atoms with Gasteiger partial charge in [0.15, 0.2) is 11.5 Å². The number of halogens is 2. The smallest absolute Gasteiger partial charge is 0.261 e. The summed E-state index contributed by atoms with van der Waals surface area (Å²) < 4.78 is 37.4. The first kappa shape index (κ1) is 14.3. The van der Waals surface area contributed by atoms with Crippen LogP contribution in [0.2, 0.25) is 10.0 Å². The van der Waals surface area contributed by atoms with E-state index < -0.39 is 10.0 Å². The highest BCUT2D eigenvalue weighted by Crippen LogP contribution is 2.35. The standard InChI is InChI=1S/C13H9Cl2NO4S/c14-10-3-2-9(6-11(10)15)21(17,18)16-8-1-4-12-13(5-8)20-7-19-12/h1-6,16H,7H2. The van der Waals surface area contributed by atoms with Crippen LogP contribution in [0.25, 0.3) is 0 Å². The van der Waals surface area contributed by atoms with Crippen molar-refractivity contribution < 1.29 is 17.9 Å². The average molecular weight is 346 g/mol. The third kappa shape index (κ3) is 2.88. The van der Waals surface area contributed by atoms with E-state index in [1.54, 1.807) is 18.2 Å². The van der Waals surface area contributed by atoms with E-state index in [2.05, 4.69) is 4.72 Å². The zero-order valence-corrected chi connectivity index (χ0v) is 12.8. The van der Waals surface area contributed by atoms with Crippen molar-refractivity contribution in [3.63, 3.8) is 0 Å². The predicted molar refractivity (Wildman–Crippen MR) is 79.8 cm³/mol. The largest absolute Gasteiger partial charge is 0.454 e. The van der Waals surface area contributed by atoms with Gasteiger partial charge < -0.3 is 9.47 Å². The molecule has 1 N–H and O–H groups in total. The van der Waals surface area contributed by atoms with Gasteiger partial charge in [-0.1, -0.05) is 23.2 Å². The fraction of sp³-hybridized carbons (Fsp3) is 0.0769. The second-order valence-corrected chi connectivity index (χ2v) is 6.75. The molecule has 0 aliphatic carbocycles. The van der Waals surface area contributed by atoms with Gasteiger partial charge in [-0.25, -0.2) is 8.42 Å². The summed E-state index contributed by atoms with van der Waals surface area (Å²) in [6.07, 6.45) is 0. The molecule has 1 aliphatic rings. The van der Waals surface area contributed by atoms with Crippen LogP contribution in [0.1, 0.15) is 0 Å². The van der Waals surface area contributed by atoms with Crippen molar-refractivity contribution in [1.82, 2.24) is 0 Å². The zero-order chi connectivity index (χ0) is 15.0. The molecule has 8 heteroatoms. The molecular formula is C13H9Cl2NO4S. The fourth-order valence-electron chi connectivity index (χ4n) is 1.82. The minimum atomic E-state index is -3.76. The van der Waals surface area contributed by atoms with Gasteiger partial charge in [0.25, 0.3) is 10.0 Å². The van der Waals surface area contributed by atoms with Crippen molar-refractivity contribution in [1.29, 1.82) is 0 Å². The van der Waals surface area contributed by atoms with E-state index in [4.69, 9.17) is 32.7 Å². The third-order valence-corrected chi connectivity index (χ3v) is 4.94. The van der Waals surface area contributed by atoms with Crippen molar-refractivity contribution >= 4 is 38.9 Å². The zero-order valence-electron chi connectivity index (χ0n) is 10.5. The van der Waals surface area contributed by atoms with Crippen LogP contribution in [0.15, 0.2) is 41.3 Å². The number of anilines is 1. The lowest BCUT2D eigenvalue weighted by Gasteiger charge is -2.09. The SMILES string of the molecule is O=S(=O)(Nc1ccc2c(c1)OCO2)c1ccc(Cl)c(Cl)c1. The lowest BCUT2D eigenvalue weighted by Crippen LogP contribution is -2.12. The molecule has 2 aromatic carbocycles. The number of rotatable bonds is 3. The molecule has 0 saturated carbocycles. The summed E-state index contributed by atoms with van der Waals surface area (Å²) in [5.74, 6) is 1.07. The van der Waals surface area contributed by atoms with E-state index in [1.165, 1.54) is 18.2 Å². The third-order valence-electron chi connectivity index (χ3n) is 2.83. The van der Waals surface area contributed by atoms with Gasteiger partial charge in [0, 0.05) is 6.07 Å². The minimum absolute atomic E-state index is 0.0227. The van der Waals surface area contributed by atoms with E-state index in [-0.39, 0.29) is 16.7 Å². The Balaban J connectivity index is 1.90. The van der Waals surface area contributed by atoms with Crippen LogP contribution in [0.4, 0.5) is 5.69 Å². The summed E-state index contributed by atoms with van der Waals surface area (Å²) >= 11 is 11.6. The summed E-state index contributed by atoms with van der Waals surface area (Å²) in [7, 11) is -3.76. The van der Waals surface area contributed by atoms with Crippen molar-refractivity contribution in [3.05, 3.63) is 46.4 Å². The summed E-state index contributed by atoms with van der Waals surface area (Å²) in [6.45, 7) is 0.123. The molecule has 0 fully saturated rings. The lowest BCUT2D eigenvalue weighted by molar-refractivity contribution is 0.174. The molecule has 3 rings (SSSR count). The van der Waals surface area contributed by atoms with Crippen molar-refractivity contribution in [2.75, 3.05) is 11.5 Å². The quantitative estimate of drug-likeness (QED) is 0.924. The van der Waals surface area contributed by atoms with Crippen LogP contribution in [0.5, 0.6) is 11.5 Å². The number of sulfonamides is 1. The number of ether oxygens (including phenoxy) is 2. The Bertz CT molecular complexity index is 808. The average Bonchev–Trinajstić information content (AvgIpc) is 2.88. The molecule has 0 spiro atoms. The molecule has 1 heterocycles. The van der Waals surface area contributed by atoms with Crippen LogP contribution in [-0.4, -0.2) is 15.2 Å². The molecule has 0 atom stereocenters. The lowest BCUT2D eigenvalue weighted by atomic mass is 10.3. The predicted octanol–water partition coefficient (Wildman–Crippen LogP) is 3.52. The highest BCUT2D eigenvalue weighted by Gasteiger charge is 2.18. The highest BCUT2D eigenvalue weighted by atomic mass is 35.5. The van der Waals surface area contributed by atoms with Crippen LogP contribution in [0, 0.1) is 0 Å². The Morgan fingerprint density at radius 2 is 1.71 bits per heavy atom. The number of fused-ring (bicyclic) bond motifs is 1. The maximum atomic E-state index is 12.3. The molecule has 21 heavy (non-hydrogen) atoms. The van der Waals surface area contributed by atoms with Crippen molar-refractivity contribution in [2.24, 2.45) is 0 Å². The Kier molecular flexibility index (Phi) is 3.61. The molecule has 110 valence electrons. The molecule has 1 aliphatic heterocycles. The second-order valence-electron chi connectivity index (χ2n) is 4.25. The van der Waals surface area contributed by atoms with Gasteiger partial charge in [0.1, 0.15) is 0 Å². The Morgan fingerprint density at radius 3 is 2.48 bits per heavy atom. The maximum absolute atomic E-state index is 12.3. The van der Waals surface area contributed by atoms with Crippen LogP contribution < -0.4 is 14.2 Å². The van der Waals surface area contributed by atoms with E-state index in [0.717, 1.165) is 0 Å². The van der Waals surface area contributed by atoms with Gasteiger partial charge in [0.05, 0.1) is 20.6 Å². The summed E-state index contributed by atoms with van der Waals surface area (Å²) in [4.78, 5) is 0.0227. The number of nitrogens with one attached hydrogen (secondary N) is 1. The Morgan fingerprint density at radius 1 is 0.952 bits per heavy atom. The van der Waals surface area contributed by atoms with Gasteiger partial charge >= 0.3 is 0 Å². The summed E-state index contributed by atoms with van der Waals surface area (Å²) in [5, 5.41) is 0.462. The number of hydrogen-bond acceptors (Lipinski definition) is 4. The van der Waals surface area contributed by atoms with Crippen molar-refractivity contribution in [3.8, 4) is 11.5 Å². The normalized spacial score (nSPS) is 13.2. The minimum Gasteiger partial charge on any atom is -0.454 e. The molecule has 0 amide bonds. The van der Waals surface area contributed by atoms with Gasteiger partial charge in [-0.2, -0.15) is 0 Å². The van der Waals surface area contributed by atoms with Crippen molar-refractivity contribution in [2.45, 2.75) is 4.90 Å². The van der Waals surface area contributed by atoms with Gasteiger partial charge in [-0.3, -0.25) is 4.72 Å². The maximum Gasteiger partial charge on any atom is 0.261 e. The van der Waals surface area contributed by atoms with Gasteiger partial charge in [-0.05, 0) is 30.3 Å². The first-order valence-electron chi connectivity index (χ1n) is 5.83. The molecule has 0 radical (unpaired) electrons. The van der Waals surface area contributed by atoms with Crippen LogP contribution >= 0.6 is 23.2 Å². The monoisotopic (exact) mass is 345 g/mol. The Hall–Kier alpha value is -1.63. The highest BCUT2D eigenvalue weighted by molar-refractivity contribution is 7.92. The topological polar surface area (TPSA) is 64.6 Å². The molecule has 0 unspecified atom stereocenters. The fourth-order valence-corrected chi connectivity index (χ4v) is 3.26. The Labute approximate surface area is 131 Å². The number of hydrogen-bond donors (Lipinski definition) is 1. The summed E-state index contributed by atoms with van der Waals surface area (Å²) in [6, 6.07) is 8.87. The van der Waals surface area contributed by atoms with Gasteiger partial charge in [0.2, 0.25) is 6.79 Å². The van der Waals surface area contributed by atoms with E-state index in [0.29, 0.717) is 22.2 Å². The molecule has 5 nitrogen and oxygen atoms in total. The molecular weight excluding hydrogens is 337 g/mol. The van der Waals surface area contributed by atoms with E-state index in [9.17, 15) is 8.42 Å². The molecule has 0 bridgehead atoms. The number of benzene rings is 2. The molecule has 0 saturated heterocycles. The first-order chi connectivity index (χ1) is 9.95. The van der Waals surface area contributed by atoms with Crippen LogP contribution in [0.3, 0.4) is 0 Å². The first-order valence-corrected chi connectivity index (χ1v) is 8.07. The van der Waals surface area contributed by atoms with E-state index >= 15 is 0 Å². The molecule has 0 aromatic heterocycles. The van der Waals surface area contributed by atoms with E-state index in [1.807, 2.05) is 0 Å². The van der Waals surface area contributed by atoms with Crippen LogP contribution in [-0.2, 0) is 10.0 Å². The summed E-state index contributed by atoms with van der Waals surface area (Å²) in [5.41, 5.74) is 0.366. The second kappa shape index (κ2) is 5.29. The molecule has 2 aromatic rings. The van der Waals surface area contributed by atoms with Gasteiger partial charge in [-0.15, -0.1) is 0 Å².